The van der Waals surface area contributed by atoms with Gasteiger partial charge >= 0.3 is 0 Å². The summed E-state index contributed by atoms with van der Waals surface area (Å²) in [4.78, 5) is 0.0580. The maximum Gasteiger partial charge on any atom is 0.238 e. The van der Waals surface area contributed by atoms with Crippen molar-refractivity contribution in [1.29, 1.82) is 0 Å². The van der Waals surface area contributed by atoms with Crippen molar-refractivity contribution in [3.05, 3.63) is 82.9 Å². The fraction of sp³-hybridized carbons (Fsp3) is 0.143. The summed E-state index contributed by atoms with van der Waals surface area (Å²) in [6.07, 6.45) is 0. The summed E-state index contributed by atoms with van der Waals surface area (Å²) >= 11 is 6.42. The monoisotopic (exact) mass is 432 g/mol. The van der Waals surface area contributed by atoms with Crippen LogP contribution in [0.5, 0.6) is 11.5 Å². The van der Waals surface area contributed by atoms with Gasteiger partial charge in [-0.3, -0.25) is 0 Å². The molecule has 3 aromatic rings. The fourth-order valence-electron chi connectivity index (χ4n) is 2.68. The Morgan fingerprint density at radius 1 is 1.00 bits per heavy atom. The molecule has 8 heteroatoms. The highest BCUT2D eigenvalue weighted by atomic mass is 35.5. The van der Waals surface area contributed by atoms with Gasteiger partial charge in [-0.15, -0.1) is 0 Å². The molecule has 0 fully saturated rings. The lowest BCUT2D eigenvalue weighted by atomic mass is 10.2. The number of nitrogens with two attached hydrogens (primary N) is 1. The summed E-state index contributed by atoms with van der Waals surface area (Å²) in [5.74, 6) is 1.13. The first-order valence-corrected chi connectivity index (χ1v) is 10.7. The summed E-state index contributed by atoms with van der Waals surface area (Å²) in [5.41, 5.74) is 2.59. The van der Waals surface area contributed by atoms with Gasteiger partial charge in [-0.05, 0) is 41.5 Å². The highest BCUT2D eigenvalue weighted by Gasteiger charge is 2.12. The molecule has 0 saturated heterocycles. The van der Waals surface area contributed by atoms with Gasteiger partial charge in [0.15, 0.2) is 11.5 Å². The van der Waals surface area contributed by atoms with Gasteiger partial charge in [0.25, 0.3) is 0 Å². The molecule has 0 aromatic heterocycles. The molecule has 3 rings (SSSR count). The summed E-state index contributed by atoms with van der Waals surface area (Å²) in [6, 6.07) is 19.5. The zero-order valence-corrected chi connectivity index (χ0v) is 17.3. The number of benzene rings is 3. The third kappa shape index (κ3) is 5.63. The average Bonchev–Trinajstić information content (AvgIpc) is 2.72. The van der Waals surface area contributed by atoms with Crippen molar-refractivity contribution in [2.75, 3.05) is 12.4 Å². The number of primary sulfonamides is 1. The SMILES string of the molecule is COc1cc(CNc2ccc(S(N)(=O)=O)cc2)c(Cl)cc1OCc1ccccc1. The van der Waals surface area contributed by atoms with E-state index in [1.165, 1.54) is 12.1 Å². The van der Waals surface area contributed by atoms with Crippen LogP contribution in [0.1, 0.15) is 11.1 Å². The Kier molecular flexibility index (Phi) is 6.64. The van der Waals surface area contributed by atoms with E-state index in [0.717, 1.165) is 16.8 Å². The number of anilines is 1. The first kappa shape index (κ1) is 21.0. The Balaban J connectivity index is 1.70. The highest BCUT2D eigenvalue weighted by Crippen LogP contribution is 2.34. The van der Waals surface area contributed by atoms with Gasteiger partial charge < -0.3 is 14.8 Å². The first-order valence-electron chi connectivity index (χ1n) is 8.76. The van der Waals surface area contributed by atoms with Crippen molar-refractivity contribution in [1.82, 2.24) is 0 Å². The van der Waals surface area contributed by atoms with Crippen LogP contribution in [0.3, 0.4) is 0 Å². The van der Waals surface area contributed by atoms with E-state index in [0.29, 0.717) is 29.7 Å². The number of ether oxygens (including phenoxy) is 2. The minimum absolute atomic E-state index is 0.0580. The molecule has 3 N–H and O–H groups in total. The normalized spacial score (nSPS) is 11.1. The zero-order chi connectivity index (χ0) is 20.9. The van der Waals surface area contributed by atoms with Gasteiger partial charge in [-0.1, -0.05) is 41.9 Å². The molecular formula is C21H21ClN2O4S. The maximum absolute atomic E-state index is 11.3. The highest BCUT2D eigenvalue weighted by molar-refractivity contribution is 7.89. The molecule has 0 aliphatic carbocycles. The molecule has 6 nitrogen and oxygen atoms in total. The molecule has 0 saturated carbocycles. The van der Waals surface area contributed by atoms with Gasteiger partial charge in [-0.2, -0.15) is 0 Å². The van der Waals surface area contributed by atoms with Gasteiger partial charge in [0, 0.05) is 23.3 Å². The van der Waals surface area contributed by atoms with E-state index < -0.39 is 10.0 Å². The van der Waals surface area contributed by atoms with Crippen molar-refractivity contribution in [2.24, 2.45) is 5.14 Å². The molecule has 0 radical (unpaired) electrons. The molecular weight excluding hydrogens is 412 g/mol. The summed E-state index contributed by atoms with van der Waals surface area (Å²) < 4.78 is 34.0. The quantitative estimate of drug-likeness (QED) is 0.557. The molecule has 0 aliphatic heterocycles. The summed E-state index contributed by atoms with van der Waals surface area (Å²) in [7, 11) is -2.14. The molecule has 0 atom stereocenters. The van der Waals surface area contributed by atoms with E-state index in [-0.39, 0.29) is 4.90 Å². The van der Waals surface area contributed by atoms with E-state index in [9.17, 15) is 8.42 Å². The number of rotatable bonds is 8. The second-order valence-corrected chi connectivity index (χ2v) is 8.26. The third-order valence-corrected chi connectivity index (χ3v) is 5.52. The number of hydrogen-bond acceptors (Lipinski definition) is 5. The lowest BCUT2D eigenvalue weighted by molar-refractivity contribution is 0.284. The van der Waals surface area contributed by atoms with Crippen molar-refractivity contribution in [2.45, 2.75) is 18.0 Å². The molecule has 0 unspecified atom stereocenters. The zero-order valence-electron chi connectivity index (χ0n) is 15.8. The Labute approximate surface area is 175 Å². The van der Waals surface area contributed by atoms with Crippen LogP contribution in [0.15, 0.2) is 71.6 Å². The lowest BCUT2D eigenvalue weighted by Gasteiger charge is -2.15. The smallest absolute Gasteiger partial charge is 0.238 e. The van der Waals surface area contributed by atoms with Crippen LogP contribution in [0, 0.1) is 0 Å². The maximum atomic E-state index is 11.3. The Hall–Kier alpha value is -2.74. The Bertz CT molecular complexity index is 1070. The van der Waals surface area contributed by atoms with E-state index in [1.54, 1.807) is 25.3 Å². The second kappa shape index (κ2) is 9.17. The number of methoxy groups -OCH3 is 1. The average molecular weight is 433 g/mol. The van der Waals surface area contributed by atoms with E-state index >= 15 is 0 Å². The second-order valence-electron chi connectivity index (χ2n) is 6.29. The molecule has 0 amide bonds. The minimum Gasteiger partial charge on any atom is -0.493 e. The molecule has 0 heterocycles. The van der Waals surface area contributed by atoms with Gasteiger partial charge in [-0.25, -0.2) is 13.6 Å². The van der Waals surface area contributed by atoms with Crippen LogP contribution in [0.4, 0.5) is 5.69 Å². The number of sulfonamides is 1. The van der Waals surface area contributed by atoms with E-state index in [4.69, 9.17) is 26.2 Å². The number of hydrogen-bond donors (Lipinski definition) is 2. The Morgan fingerprint density at radius 3 is 2.31 bits per heavy atom. The largest absolute Gasteiger partial charge is 0.493 e. The predicted molar refractivity (Wildman–Crippen MR) is 114 cm³/mol. The van der Waals surface area contributed by atoms with Gasteiger partial charge in [0.1, 0.15) is 6.61 Å². The van der Waals surface area contributed by atoms with E-state index in [1.807, 2.05) is 36.4 Å². The van der Waals surface area contributed by atoms with Crippen LogP contribution >= 0.6 is 11.6 Å². The lowest BCUT2D eigenvalue weighted by Crippen LogP contribution is -2.12. The third-order valence-electron chi connectivity index (χ3n) is 4.24. The molecule has 29 heavy (non-hydrogen) atoms. The van der Waals surface area contributed by atoms with Gasteiger partial charge in [0.2, 0.25) is 10.0 Å². The summed E-state index contributed by atoms with van der Waals surface area (Å²) in [5, 5.41) is 8.83. The van der Waals surface area contributed by atoms with Crippen molar-refractivity contribution in [3.8, 4) is 11.5 Å². The standard InChI is InChI=1S/C21H21ClN2O4S/c1-27-20-11-16(13-24-17-7-9-18(10-8-17)29(23,25)26)19(22)12-21(20)28-14-15-5-3-2-4-6-15/h2-12,24H,13-14H2,1H3,(H2,23,25,26). The van der Waals surface area contributed by atoms with Crippen LogP contribution in [-0.2, 0) is 23.2 Å². The predicted octanol–water partition coefficient (Wildman–Crippen LogP) is 4.19. The summed E-state index contributed by atoms with van der Waals surface area (Å²) in [6.45, 7) is 0.824. The van der Waals surface area contributed by atoms with Crippen molar-refractivity contribution in [3.63, 3.8) is 0 Å². The minimum atomic E-state index is -3.71. The molecule has 0 aliphatic rings. The van der Waals surface area contributed by atoms with Crippen LogP contribution in [-0.4, -0.2) is 15.5 Å². The number of nitrogens with one attached hydrogen (secondary N) is 1. The van der Waals surface area contributed by atoms with Crippen molar-refractivity contribution >= 4 is 27.3 Å². The Morgan fingerprint density at radius 2 is 1.69 bits per heavy atom. The van der Waals surface area contributed by atoms with E-state index in [2.05, 4.69) is 5.32 Å². The topological polar surface area (TPSA) is 90.6 Å². The molecule has 3 aromatic carbocycles. The van der Waals surface area contributed by atoms with Gasteiger partial charge in [0.05, 0.1) is 12.0 Å². The molecule has 0 bridgehead atoms. The fourth-order valence-corrected chi connectivity index (χ4v) is 3.42. The first-order chi connectivity index (χ1) is 13.9. The van der Waals surface area contributed by atoms with Crippen LogP contribution < -0.4 is 19.9 Å². The van der Waals surface area contributed by atoms with Crippen molar-refractivity contribution < 1.29 is 17.9 Å². The van der Waals surface area contributed by atoms with Crippen LogP contribution in [0.25, 0.3) is 0 Å². The molecule has 152 valence electrons. The van der Waals surface area contributed by atoms with Crippen LogP contribution in [0.2, 0.25) is 5.02 Å². The number of halogens is 1. The molecule has 0 spiro atoms.